The normalized spacial score (nSPS) is 15.2. The van der Waals surface area contributed by atoms with Gasteiger partial charge in [-0.15, -0.1) is 0 Å². The topological polar surface area (TPSA) is 66.9 Å². The Morgan fingerprint density at radius 2 is 1.83 bits per heavy atom. The lowest BCUT2D eigenvalue weighted by Gasteiger charge is -2.32. The zero-order valence-electron chi connectivity index (χ0n) is 16.5. The third-order valence-electron chi connectivity index (χ3n) is 5.16. The van der Waals surface area contributed by atoms with Crippen LogP contribution in [0.4, 0.5) is 5.69 Å². The smallest absolute Gasteiger partial charge is 0.264 e. The second-order valence-corrected chi connectivity index (χ2v) is 9.53. The Morgan fingerprint density at radius 1 is 1.17 bits per heavy atom. The highest BCUT2D eigenvalue weighted by Crippen LogP contribution is 2.27. The summed E-state index contributed by atoms with van der Waals surface area (Å²) in [6.45, 7) is 3.18. The molecule has 2 aromatic rings. The lowest BCUT2D eigenvalue weighted by Crippen LogP contribution is -2.45. The first-order valence-corrected chi connectivity index (χ1v) is 11.3. The highest BCUT2D eigenvalue weighted by molar-refractivity contribution is 7.92. The van der Waals surface area contributed by atoms with Crippen LogP contribution in [-0.4, -0.2) is 46.0 Å². The zero-order valence-corrected chi connectivity index (χ0v) is 18.1. The van der Waals surface area contributed by atoms with E-state index in [-0.39, 0.29) is 17.3 Å². The maximum atomic E-state index is 13.4. The molecule has 2 aromatic carbocycles. The first kappa shape index (κ1) is 21.5. The van der Waals surface area contributed by atoms with Gasteiger partial charge >= 0.3 is 0 Å². The number of anilines is 1. The number of carbonyl (C=O) groups excluding carboxylic acids is 1. The summed E-state index contributed by atoms with van der Waals surface area (Å²) in [5.41, 5.74) is 0.354. The number of benzene rings is 2. The highest BCUT2D eigenvalue weighted by Gasteiger charge is 2.30. The van der Waals surface area contributed by atoms with E-state index in [1.807, 2.05) is 0 Å². The van der Waals surface area contributed by atoms with Crippen molar-refractivity contribution >= 4 is 33.2 Å². The lowest BCUT2D eigenvalue weighted by molar-refractivity contribution is -0.130. The fraction of sp³-hybridized carbons (Fsp3) is 0.381. The van der Waals surface area contributed by atoms with Gasteiger partial charge in [0.1, 0.15) is 12.3 Å². The number of sulfonamides is 1. The zero-order chi connectivity index (χ0) is 21.0. The quantitative estimate of drug-likeness (QED) is 0.690. The molecule has 0 atom stereocenters. The summed E-state index contributed by atoms with van der Waals surface area (Å²) in [6.07, 6.45) is 1.85. The van der Waals surface area contributed by atoms with Gasteiger partial charge in [-0.3, -0.25) is 9.10 Å². The average molecular weight is 437 g/mol. The van der Waals surface area contributed by atoms with Gasteiger partial charge in [0.15, 0.2) is 0 Å². The summed E-state index contributed by atoms with van der Waals surface area (Å²) < 4.78 is 33.0. The predicted octanol–water partition coefficient (Wildman–Crippen LogP) is 3.80. The second-order valence-electron chi connectivity index (χ2n) is 7.23. The monoisotopic (exact) mass is 436 g/mol. The van der Waals surface area contributed by atoms with Crippen LogP contribution in [0.15, 0.2) is 53.4 Å². The predicted molar refractivity (Wildman–Crippen MR) is 114 cm³/mol. The molecule has 0 unspecified atom stereocenters. The molecule has 6 nitrogen and oxygen atoms in total. The number of nitrogens with zero attached hydrogens (tertiary/aromatic N) is 2. The van der Waals surface area contributed by atoms with Gasteiger partial charge in [0.25, 0.3) is 10.0 Å². The van der Waals surface area contributed by atoms with Crippen molar-refractivity contribution in [3.8, 4) is 5.75 Å². The molecule has 156 valence electrons. The first-order valence-electron chi connectivity index (χ1n) is 9.51. The summed E-state index contributed by atoms with van der Waals surface area (Å²) >= 11 is 6.09. The minimum absolute atomic E-state index is 0.0818. The van der Waals surface area contributed by atoms with Crippen molar-refractivity contribution in [1.82, 2.24) is 4.90 Å². The van der Waals surface area contributed by atoms with Crippen LogP contribution in [0.1, 0.15) is 19.8 Å². The third kappa shape index (κ3) is 5.03. The van der Waals surface area contributed by atoms with Crippen molar-refractivity contribution in [3.05, 3.63) is 53.6 Å². The Hall–Kier alpha value is -2.25. The Bertz CT molecular complexity index is 955. The Labute approximate surface area is 177 Å². The molecule has 1 aliphatic heterocycles. The fourth-order valence-corrected chi connectivity index (χ4v) is 4.89. The van der Waals surface area contributed by atoms with Gasteiger partial charge in [0.05, 0.1) is 17.7 Å². The molecule has 0 aromatic heterocycles. The molecular formula is C21H25ClN2O4S. The number of rotatable bonds is 6. The van der Waals surface area contributed by atoms with E-state index in [0.29, 0.717) is 35.5 Å². The number of likely N-dealkylation sites (tertiary alicyclic amines) is 1. The number of amides is 1. The molecule has 1 fully saturated rings. The number of hydrogen-bond acceptors (Lipinski definition) is 4. The highest BCUT2D eigenvalue weighted by atomic mass is 35.5. The van der Waals surface area contributed by atoms with Gasteiger partial charge in [-0.1, -0.05) is 24.6 Å². The van der Waals surface area contributed by atoms with E-state index in [1.54, 1.807) is 41.3 Å². The maximum Gasteiger partial charge on any atom is 0.264 e. The van der Waals surface area contributed by atoms with Gasteiger partial charge in [0.2, 0.25) is 5.91 Å². The van der Waals surface area contributed by atoms with Crippen LogP contribution in [-0.2, 0) is 14.8 Å². The molecule has 0 radical (unpaired) electrons. The van der Waals surface area contributed by atoms with Crippen LogP contribution in [0.5, 0.6) is 5.75 Å². The molecule has 0 aliphatic carbocycles. The van der Waals surface area contributed by atoms with Crippen molar-refractivity contribution in [3.63, 3.8) is 0 Å². The van der Waals surface area contributed by atoms with E-state index >= 15 is 0 Å². The van der Waals surface area contributed by atoms with Crippen molar-refractivity contribution < 1.29 is 17.9 Å². The van der Waals surface area contributed by atoms with E-state index in [4.69, 9.17) is 16.3 Å². The van der Waals surface area contributed by atoms with Gasteiger partial charge in [-0.25, -0.2) is 8.42 Å². The first-order chi connectivity index (χ1) is 13.8. The number of piperidine rings is 1. The number of halogens is 1. The Morgan fingerprint density at radius 3 is 2.41 bits per heavy atom. The molecule has 8 heteroatoms. The summed E-state index contributed by atoms with van der Waals surface area (Å²) in [6, 6.07) is 12.6. The molecular weight excluding hydrogens is 412 g/mol. The number of hydrogen-bond donors (Lipinski definition) is 0. The summed E-state index contributed by atoms with van der Waals surface area (Å²) in [7, 11) is -2.45. The van der Waals surface area contributed by atoms with E-state index in [2.05, 4.69) is 6.92 Å². The van der Waals surface area contributed by atoms with Crippen LogP contribution in [0.25, 0.3) is 0 Å². The average Bonchev–Trinajstić information content (AvgIpc) is 2.72. The molecule has 3 rings (SSSR count). The maximum absolute atomic E-state index is 13.4. The minimum Gasteiger partial charge on any atom is -0.497 e. The lowest BCUT2D eigenvalue weighted by atomic mass is 9.99. The number of ether oxygens (including phenoxy) is 1. The summed E-state index contributed by atoms with van der Waals surface area (Å²) in [5.74, 6) is 0.914. The van der Waals surface area contributed by atoms with Crippen molar-refractivity contribution in [2.45, 2.75) is 24.7 Å². The van der Waals surface area contributed by atoms with Crippen molar-refractivity contribution in [2.24, 2.45) is 5.92 Å². The van der Waals surface area contributed by atoms with Crippen LogP contribution in [0.3, 0.4) is 0 Å². The van der Waals surface area contributed by atoms with E-state index in [9.17, 15) is 13.2 Å². The fourth-order valence-electron chi connectivity index (χ4n) is 3.30. The summed E-state index contributed by atoms with van der Waals surface area (Å²) in [4.78, 5) is 14.7. The molecule has 0 saturated carbocycles. The molecule has 0 N–H and O–H groups in total. The Kier molecular flexibility index (Phi) is 6.70. The van der Waals surface area contributed by atoms with Gasteiger partial charge in [0, 0.05) is 18.1 Å². The molecule has 0 bridgehead atoms. The van der Waals surface area contributed by atoms with E-state index in [1.165, 1.54) is 19.2 Å². The molecule has 0 spiro atoms. The minimum atomic E-state index is -3.97. The van der Waals surface area contributed by atoms with Crippen LogP contribution in [0.2, 0.25) is 5.02 Å². The van der Waals surface area contributed by atoms with Crippen molar-refractivity contribution in [2.75, 3.05) is 31.0 Å². The van der Waals surface area contributed by atoms with Crippen LogP contribution < -0.4 is 9.04 Å². The molecule has 29 heavy (non-hydrogen) atoms. The van der Waals surface area contributed by atoms with Gasteiger partial charge in [-0.2, -0.15) is 0 Å². The van der Waals surface area contributed by atoms with Gasteiger partial charge < -0.3 is 9.64 Å². The van der Waals surface area contributed by atoms with Crippen molar-refractivity contribution in [1.29, 1.82) is 0 Å². The van der Waals surface area contributed by atoms with E-state index in [0.717, 1.165) is 17.1 Å². The molecule has 1 heterocycles. The molecule has 1 saturated heterocycles. The SMILES string of the molecule is COc1ccc(S(=O)(=O)N(CC(=O)N2CCC(C)CC2)c2cccc(Cl)c2)cc1. The second kappa shape index (κ2) is 9.05. The molecule has 1 amide bonds. The third-order valence-corrected chi connectivity index (χ3v) is 7.18. The van der Waals surface area contributed by atoms with Gasteiger partial charge in [-0.05, 0) is 61.2 Å². The Balaban J connectivity index is 1.93. The number of carbonyl (C=O) groups is 1. The van der Waals surface area contributed by atoms with Crippen LogP contribution in [0, 0.1) is 5.92 Å². The van der Waals surface area contributed by atoms with E-state index < -0.39 is 10.0 Å². The molecule has 1 aliphatic rings. The standard InChI is InChI=1S/C21H25ClN2O4S/c1-16-10-12-23(13-11-16)21(25)15-24(18-5-3-4-17(22)14-18)29(26,27)20-8-6-19(28-2)7-9-20/h3-9,14,16H,10-13,15H2,1-2H3. The van der Waals surface area contributed by atoms with Crippen LogP contribution >= 0.6 is 11.6 Å². The number of methoxy groups -OCH3 is 1. The largest absolute Gasteiger partial charge is 0.497 e. The summed E-state index contributed by atoms with van der Waals surface area (Å²) in [5, 5.41) is 0.400.